The monoisotopic (exact) mass is 500 g/mol. The summed E-state index contributed by atoms with van der Waals surface area (Å²) in [4.78, 5) is 24.2. The highest BCUT2D eigenvalue weighted by Gasteiger charge is 2.28. The SMILES string of the molecule is Nc1ccc(CCOC(=O)/C=C/c2ccc(OC(=O)c3ccc(OCC(F)(F)F)cc3)cc2)c(N)c1. The molecule has 0 atom stereocenters. The minimum atomic E-state index is -4.45. The van der Waals surface area contributed by atoms with Gasteiger partial charge in [0.15, 0.2) is 6.61 Å². The van der Waals surface area contributed by atoms with Gasteiger partial charge in [0.1, 0.15) is 11.5 Å². The third kappa shape index (κ3) is 8.39. The van der Waals surface area contributed by atoms with E-state index in [0.717, 1.165) is 5.56 Å². The number of ether oxygens (including phenoxy) is 3. The molecule has 3 rings (SSSR count). The molecule has 0 spiro atoms. The number of benzene rings is 3. The van der Waals surface area contributed by atoms with Gasteiger partial charge < -0.3 is 25.7 Å². The summed E-state index contributed by atoms with van der Waals surface area (Å²) in [6.07, 6.45) is -1.18. The summed E-state index contributed by atoms with van der Waals surface area (Å²) in [5.74, 6) is -0.987. The molecule has 0 aliphatic rings. The van der Waals surface area contributed by atoms with Gasteiger partial charge in [0.2, 0.25) is 0 Å². The van der Waals surface area contributed by atoms with Gasteiger partial charge >= 0.3 is 18.1 Å². The highest BCUT2D eigenvalue weighted by Crippen LogP contribution is 2.20. The zero-order valence-corrected chi connectivity index (χ0v) is 19.0. The van der Waals surface area contributed by atoms with Crippen LogP contribution >= 0.6 is 0 Å². The van der Waals surface area contributed by atoms with Gasteiger partial charge in [-0.1, -0.05) is 18.2 Å². The summed E-state index contributed by atoms with van der Waals surface area (Å²) in [5.41, 5.74) is 14.3. The number of esters is 2. The zero-order valence-electron chi connectivity index (χ0n) is 19.0. The first-order chi connectivity index (χ1) is 17.1. The lowest BCUT2D eigenvalue weighted by Gasteiger charge is -2.09. The lowest BCUT2D eigenvalue weighted by Crippen LogP contribution is -2.19. The number of rotatable bonds is 9. The number of carbonyl (C=O) groups excluding carboxylic acids is 2. The van der Waals surface area contributed by atoms with Crippen LogP contribution in [0.5, 0.6) is 11.5 Å². The van der Waals surface area contributed by atoms with Crippen LogP contribution in [0.1, 0.15) is 21.5 Å². The van der Waals surface area contributed by atoms with Gasteiger partial charge in [-0.2, -0.15) is 13.2 Å². The van der Waals surface area contributed by atoms with E-state index >= 15 is 0 Å². The van der Waals surface area contributed by atoms with Gasteiger partial charge in [-0.25, -0.2) is 9.59 Å². The van der Waals surface area contributed by atoms with E-state index in [9.17, 15) is 22.8 Å². The lowest BCUT2D eigenvalue weighted by atomic mass is 10.1. The standard InChI is InChI=1S/C26H23F3N2O5/c27-26(28,29)16-35-21-10-5-19(6-11-21)25(33)36-22-8-1-17(2-9-22)3-12-24(32)34-14-13-18-4-7-20(30)15-23(18)31/h1-12,15H,13-14,16,30-31H2/b12-3+. The van der Waals surface area contributed by atoms with Crippen molar-refractivity contribution in [2.75, 3.05) is 24.7 Å². The fourth-order valence-corrected chi connectivity index (χ4v) is 2.98. The molecular formula is C26H23F3N2O5. The minimum absolute atomic E-state index is 0.0204. The van der Waals surface area contributed by atoms with Crippen LogP contribution in [0.2, 0.25) is 0 Å². The number of anilines is 2. The number of hydrogen-bond donors (Lipinski definition) is 2. The number of halogens is 3. The van der Waals surface area contributed by atoms with Gasteiger partial charge in [-0.15, -0.1) is 0 Å². The molecule has 0 saturated carbocycles. The molecule has 0 amide bonds. The lowest BCUT2D eigenvalue weighted by molar-refractivity contribution is -0.153. The van der Waals surface area contributed by atoms with Crippen molar-refractivity contribution in [1.82, 2.24) is 0 Å². The van der Waals surface area contributed by atoms with Crippen LogP contribution < -0.4 is 20.9 Å². The molecule has 3 aromatic carbocycles. The van der Waals surface area contributed by atoms with Crippen molar-refractivity contribution in [3.8, 4) is 11.5 Å². The van der Waals surface area contributed by atoms with Crippen LogP contribution in [0.3, 0.4) is 0 Å². The molecular weight excluding hydrogens is 477 g/mol. The fourth-order valence-electron chi connectivity index (χ4n) is 2.98. The maximum Gasteiger partial charge on any atom is 0.422 e. The van der Waals surface area contributed by atoms with Crippen LogP contribution in [-0.2, 0) is 16.0 Å². The Balaban J connectivity index is 1.45. The molecule has 0 unspecified atom stereocenters. The molecule has 0 heterocycles. The molecule has 0 aromatic heterocycles. The summed E-state index contributed by atoms with van der Waals surface area (Å²) in [6, 6.07) is 16.6. The van der Waals surface area contributed by atoms with Gasteiger partial charge in [0.25, 0.3) is 0 Å². The topological polar surface area (TPSA) is 114 Å². The molecule has 10 heteroatoms. The average molecular weight is 500 g/mol. The van der Waals surface area contributed by atoms with Crippen molar-refractivity contribution in [1.29, 1.82) is 0 Å². The number of hydrogen-bond acceptors (Lipinski definition) is 7. The molecule has 36 heavy (non-hydrogen) atoms. The van der Waals surface area contributed by atoms with E-state index in [1.165, 1.54) is 42.5 Å². The molecule has 0 radical (unpaired) electrons. The Morgan fingerprint density at radius 3 is 2.19 bits per heavy atom. The molecule has 0 fully saturated rings. The quantitative estimate of drug-likeness (QED) is 0.188. The fraction of sp³-hybridized carbons (Fsp3) is 0.154. The average Bonchev–Trinajstić information content (AvgIpc) is 2.83. The van der Waals surface area contributed by atoms with E-state index in [2.05, 4.69) is 4.74 Å². The Kier molecular flexibility index (Phi) is 8.56. The summed E-state index contributed by atoms with van der Waals surface area (Å²) < 4.78 is 51.6. The van der Waals surface area contributed by atoms with Crippen molar-refractivity contribution in [3.63, 3.8) is 0 Å². The first-order valence-corrected chi connectivity index (χ1v) is 10.7. The van der Waals surface area contributed by atoms with Crippen LogP contribution in [0.15, 0.2) is 72.8 Å². The molecule has 0 aliphatic carbocycles. The second kappa shape index (κ2) is 11.8. The zero-order chi connectivity index (χ0) is 26.1. The molecule has 0 aliphatic heterocycles. The summed E-state index contributed by atoms with van der Waals surface area (Å²) in [6.45, 7) is -1.27. The Morgan fingerprint density at radius 1 is 0.889 bits per heavy atom. The largest absolute Gasteiger partial charge is 0.484 e. The second-order valence-electron chi connectivity index (χ2n) is 7.60. The second-order valence-corrected chi connectivity index (χ2v) is 7.60. The van der Waals surface area contributed by atoms with Crippen LogP contribution in [0.25, 0.3) is 6.08 Å². The van der Waals surface area contributed by atoms with E-state index in [-0.39, 0.29) is 23.7 Å². The first kappa shape index (κ1) is 26.1. The first-order valence-electron chi connectivity index (χ1n) is 10.7. The number of alkyl halides is 3. The highest BCUT2D eigenvalue weighted by atomic mass is 19.4. The minimum Gasteiger partial charge on any atom is -0.484 e. The Morgan fingerprint density at radius 2 is 1.56 bits per heavy atom. The van der Waals surface area contributed by atoms with E-state index in [4.69, 9.17) is 20.9 Å². The van der Waals surface area contributed by atoms with Crippen LogP contribution in [-0.4, -0.2) is 31.3 Å². The van der Waals surface area contributed by atoms with Gasteiger partial charge in [0, 0.05) is 23.9 Å². The summed E-state index contributed by atoms with van der Waals surface area (Å²) >= 11 is 0. The van der Waals surface area contributed by atoms with Crippen LogP contribution in [0, 0.1) is 0 Å². The predicted octanol–water partition coefficient (Wildman–Crippen LogP) is 4.81. The van der Waals surface area contributed by atoms with Crippen molar-refractivity contribution < 1.29 is 37.0 Å². The predicted molar refractivity (Wildman–Crippen MR) is 128 cm³/mol. The molecule has 0 saturated heterocycles. The van der Waals surface area contributed by atoms with E-state index in [0.29, 0.717) is 23.4 Å². The van der Waals surface area contributed by atoms with Crippen molar-refractivity contribution >= 4 is 29.4 Å². The third-order valence-corrected chi connectivity index (χ3v) is 4.78. The van der Waals surface area contributed by atoms with E-state index < -0.39 is 24.7 Å². The number of nitrogens with two attached hydrogens (primary N) is 2. The number of carbonyl (C=O) groups is 2. The molecule has 0 bridgehead atoms. The Bertz CT molecular complexity index is 1220. The maximum atomic E-state index is 12.3. The van der Waals surface area contributed by atoms with Crippen molar-refractivity contribution in [2.24, 2.45) is 0 Å². The normalized spacial score (nSPS) is 11.3. The molecule has 188 valence electrons. The van der Waals surface area contributed by atoms with Crippen molar-refractivity contribution in [2.45, 2.75) is 12.6 Å². The van der Waals surface area contributed by atoms with Gasteiger partial charge in [-0.3, -0.25) is 0 Å². The smallest absolute Gasteiger partial charge is 0.422 e. The molecule has 3 aromatic rings. The van der Waals surface area contributed by atoms with Gasteiger partial charge in [0.05, 0.1) is 12.2 Å². The Labute approximate surface area is 205 Å². The van der Waals surface area contributed by atoms with E-state index in [1.54, 1.807) is 36.4 Å². The van der Waals surface area contributed by atoms with Crippen molar-refractivity contribution in [3.05, 3.63) is 89.5 Å². The summed E-state index contributed by atoms with van der Waals surface area (Å²) in [7, 11) is 0. The summed E-state index contributed by atoms with van der Waals surface area (Å²) in [5, 5.41) is 0. The maximum absolute atomic E-state index is 12.3. The third-order valence-electron chi connectivity index (χ3n) is 4.78. The van der Waals surface area contributed by atoms with E-state index in [1.807, 2.05) is 0 Å². The Hall–Kier alpha value is -4.47. The number of nitrogen functional groups attached to an aromatic ring is 2. The highest BCUT2D eigenvalue weighted by molar-refractivity contribution is 5.91. The van der Waals surface area contributed by atoms with Gasteiger partial charge in [-0.05, 0) is 65.7 Å². The van der Waals surface area contributed by atoms with Crippen LogP contribution in [0.4, 0.5) is 24.5 Å². The molecule has 7 nitrogen and oxygen atoms in total. The molecule has 4 N–H and O–H groups in total.